The Bertz CT molecular complexity index is 677. The first kappa shape index (κ1) is 17.7. The van der Waals surface area contributed by atoms with Crippen LogP contribution in [0.25, 0.3) is 0 Å². The van der Waals surface area contributed by atoms with E-state index in [0.29, 0.717) is 29.7 Å². The lowest BCUT2D eigenvalue weighted by Crippen LogP contribution is -3.08. The van der Waals surface area contributed by atoms with E-state index in [1.165, 1.54) is 12.1 Å². The van der Waals surface area contributed by atoms with Crippen LogP contribution in [0, 0.1) is 5.82 Å². The monoisotopic (exact) mass is 355 g/mol. The summed E-state index contributed by atoms with van der Waals surface area (Å²) in [5.41, 5.74) is 1.88. The van der Waals surface area contributed by atoms with Crippen molar-refractivity contribution in [2.45, 2.75) is 13.1 Å². The smallest absolute Gasteiger partial charge is 0.275 e. The first-order valence-corrected chi connectivity index (χ1v) is 7.96. The summed E-state index contributed by atoms with van der Waals surface area (Å²) in [7, 11) is 1.93. The van der Waals surface area contributed by atoms with Gasteiger partial charge in [-0.2, -0.15) is 0 Å². The van der Waals surface area contributed by atoms with Gasteiger partial charge in [0.05, 0.1) is 17.1 Å². The van der Waals surface area contributed by atoms with Gasteiger partial charge in [-0.25, -0.2) is 4.39 Å². The van der Waals surface area contributed by atoms with Crippen molar-refractivity contribution in [3.05, 3.63) is 69.5 Å². The molecule has 122 valence electrons. The molecule has 1 amide bonds. The molecule has 3 nitrogen and oxygen atoms in total. The molecule has 0 saturated carbocycles. The minimum Gasteiger partial charge on any atom is -0.347 e. The molecule has 0 bridgehead atoms. The molecule has 0 heterocycles. The molecular formula is C17H18Cl2FN2O+. The van der Waals surface area contributed by atoms with Crippen molar-refractivity contribution in [1.29, 1.82) is 0 Å². The van der Waals surface area contributed by atoms with Gasteiger partial charge in [-0.3, -0.25) is 4.79 Å². The first-order chi connectivity index (χ1) is 10.9. The minimum absolute atomic E-state index is 0.0631. The molecule has 23 heavy (non-hydrogen) atoms. The number of carbonyl (C=O) groups is 1. The highest BCUT2D eigenvalue weighted by Gasteiger charge is 2.11. The summed E-state index contributed by atoms with van der Waals surface area (Å²) in [6, 6.07) is 11.5. The maximum atomic E-state index is 12.8. The third kappa shape index (κ3) is 5.82. The molecule has 2 N–H and O–H groups in total. The number of halogens is 3. The van der Waals surface area contributed by atoms with E-state index in [-0.39, 0.29) is 11.7 Å². The van der Waals surface area contributed by atoms with Gasteiger partial charge in [0.15, 0.2) is 6.54 Å². The normalized spacial score (nSPS) is 12.0. The van der Waals surface area contributed by atoms with Gasteiger partial charge in [0, 0.05) is 12.1 Å². The predicted octanol–water partition coefficient (Wildman–Crippen LogP) is 2.46. The molecule has 2 aromatic carbocycles. The van der Waals surface area contributed by atoms with Crippen LogP contribution in [0.3, 0.4) is 0 Å². The summed E-state index contributed by atoms with van der Waals surface area (Å²) in [5.74, 6) is -0.349. The van der Waals surface area contributed by atoms with Crippen LogP contribution in [-0.4, -0.2) is 19.5 Å². The fourth-order valence-corrected chi connectivity index (χ4v) is 2.52. The molecule has 0 aromatic heterocycles. The zero-order chi connectivity index (χ0) is 16.8. The minimum atomic E-state index is -0.286. The number of amides is 1. The fraction of sp³-hybridized carbons (Fsp3) is 0.235. The molecule has 0 saturated heterocycles. The van der Waals surface area contributed by atoms with Crippen molar-refractivity contribution in [2.24, 2.45) is 0 Å². The van der Waals surface area contributed by atoms with E-state index in [4.69, 9.17) is 23.2 Å². The van der Waals surface area contributed by atoms with E-state index in [1.807, 2.05) is 19.2 Å². The Kier molecular flexibility index (Phi) is 6.39. The summed E-state index contributed by atoms with van der Waals surface area (Å²) in [6.07, 6.45) is 0. The summed E-state index contributed by atoms with van der Waals surface area (Å²) in [4.78, 5) is 13.0. The molecule has 1 atom stereocenters. The van der Waals surface area contributed by atoms with Crippen LogP contribution >= 0.6 is 23.2 Å². The lowest BCUT2D eigenvalue weighted by atomic mass is 10.2. The van der Waals surface area contributed by atoms with Crippen molar-refractivity contribution in [2.75, 3.05) is 13.6 Å². The van der Waals surface area contributed by atoms with Gasteiger partial charge in [-0.05, 0) is 29.8 Å². The van der Waals surface area contributed by atoms with E-state index in [2.05, 4.69) is 5.32 Å². The molecule has 0 radical (unpaired) electrons. The molecule has 0 aliphatic carbocycles. The molecule has 0 aliphatic heterocycles. The quantitative estimate of drug-likeness (QED) is 0.819. The Morgan fingerprint density at radius 1 is 1.09 bits per heavy atom. The van der Waals surface area contributed by atoms with Crippen molar-refractivity contribution in [3.63, 3.8) is 0 Å². The third-order valence-corrected chi connectivity index (χ3v) is 4.09. The van der Waals surface area contributed by atoms with Gasteiger partial charge in [0.25, 0.3) is 5.91 Å². The van der Waals surface area contributed by atoms with Gasteiger partial charge in [0.1, 0.15) is 12.4 Å². The topological polar surface area (TPSA) is 33.5 Å². The number of nitrogens with one attached hydrogen (secondary N) is 2. The van der Waals surface area contributed by atoms with Crippen molar-refractivity contribution >= 4 is 29.1 Å². The summed E-state index contributed by atoms with van der Waals surface area (Å²) in [6.45, 7) is 1.39. The van der Waals surface area contributed by atoms with Gasteiger partial charge in [0.2, 0.25) is 0 Å². The van der Waals surface area contributed by atoms with Crippen molar-refractivity contribution in [1.82, 2.24) is 5.32 Å². The SMILES string of the molecule is C[NH+](CC(=O)NCc1ccc(F)cc1)Cc1ccc(Cl)c(Cl)c1. The average molecular weight is 356 g/mol. The van der Waals surface area contributed by atoms with E-state index in [9.17, 15) is 9.18 Å². The summed E-state index contributed by atoms with van der Waals surface area (Å²) in [5, 5.41) is 3.86. The zero-order valence-electron chi connectivity index (χ0n) is 12.7. The van der Waals surface area contributed by atoms with Gasteiger partial charge >= 0.3 is 0 Å². The molecule has 0 aliphatic rings. The lowest BCUT2D eigenvalue weighted by molar-refractivity contribution is -0.885. The highest BCUT2D eigenvalue weighted by Crippen LogP contribution is 2.22. The number of benzene rings is 2. The molecule has 6 heteroatoms. The van der Waals surface area contributed by atoms with Crippen LogP contribution in [0.5, 0.6) is 0 Å². The molecule has 1 unspecified atom stereocenters. The number of rotatable bonds is 6. The number of hydrogen-bond donors (Lipinski definition) is 2. The Balaban J connectivity index is 1.79. The van der Waals surface area contributed by atoms with E-state index in [1.54, 1.807) is 18.2 Å². The van der Waals surface area contributed by atoms with Crippen LogP contribution in [0.2, 0.25) is 10.0 Å². The average Bonchev–Trinajstić information content (AvgIpc) is 2.50. The van der Waals surface area contributed by atoms with Crippen LogP contribution in [0.15, 0.2) is 42.5 Å². The van der Waals surface area contributed by atoms with Crippen LogP contribution in [0.4, 0.5) is 4.39 Å². The maximum absolute atomic E-state index is 12.8. The second-order valence-electron chi connectivity index (χ2n) is 5.46. The lowest BCUT2D eigenvalue weighted by Gasteiger charge is -2.14. The van der Waals surface area contributed by atoms with Gasteiger partial charge in [-0.15, -0.1) is 0 Å². The highest BCUT2D eigenvalue weighted by molar-refractivity contribution is 6.42. The third-order valence-electron chi connectivity index (χ3n) is 3.36. The highest BCUT2D eigenvalue weighted by atomic mass is 35.5. The van der Waals surface area contributed by atoms with Crippen LogP contribution < -0.4 is 10.2 Å². The molecule has 0 spiro atoms. The molecule has 2 aromatic rings. The zero-order valence-corrected chi connectivity index (χ0v) is 14.2. The van der Waals surface area contributed by atoms with E-state index >= 15 is 0 Å². The summed E-state index contributed by atoms with van der Waals surface area (Å²) < 4.78 is 12.8. The predicted molar refractivity (Wildman–Crippen MR) is 90.2 cm³/mol. The van der Waals surface area contributed by atoms with Crippen LogP contribution in [-0.2, 0) is 17.9 Å². The van der Waals surface area contributed by atoms with Gasteiger partial charge in [-0.1, -0.05) is 41.4 Å². The first-order valence-electron chi connectivity index (χ1n) is 7.20. The molecule has 2 rings (SSSR count). The Morgan fingerprint density at radius 3 is 2.39 bits per heavy atom. The second-order valence-corrected chi connectivity index (χ2v) is 6.28. The Morgan fingerprint density at radius 2 is 1.74 bits per heavy atom. The number of quaternary nitrogens is 1. The van der Waals surface area contributed by atoms with Gasteiger partial charge < -0.3 is 10.2 Å². The molecule has 0 fully saturated rings. The van der Waals surface area contributed by atoms with Crippen molar-refractivity contribution < 1.29 is 14.1 Å². The van der Waals surface area contributed by atoms with Crippen molar-refractivity contribution in [3.8, 4) is 0 Å². The largest absolute Gasteiger partial charge is 0.347 e. The standard InChI is InChI=1S/C17H17Cl2FN2O/c1-22(10-13-4-7-15(18)16(19)8-13)11-17(23)21-9-12-2-5-14(20)6-3-12/h2-8H,9-11H2,1H3,(H,21,23)/p+1. The Hall–Kier alpha value is -1.62. The fourth-order valence-electron chi connectivity index (χ4n) is 2.20. The number of likely N-dealkylation sites (N-methyl/N-ethyl adjacent to an activating group) is 1. The van der Waals surface area contributed by atoms with Crippen LogP contribution in [0.1, 0.15) is 11.1 Å². The maximum Gasteiger partial charge on any atom is 0.275 e. The van der Waals surface area contributed by atoms with E-state index < -0.39 is 0 Å². The summed E-state index contributed by atoms with van der Waals surface area (Å²) >= 11 is 11.9. The van der Waals surface area contributed by atoms with E-state index in [0.717, 1.165) is 16.0 Å². The Labute approximate surface area is 145 Å². The second kappa shape index (κ2) is 8.29. The number of hydrogen-bond acceptors (Lipinski definition) is 1. The molecular weight excluding hydrogens is 338 g/mol. The number of carbonyl (C=O) groups excluding carboxylic acids is 1.